The number of halogens is 2. The fraction of sp³-hybridized carbons (Fsp3) is 0. The molecule has 0 fully saturated rings. The SMILES string of the molecule is NNc1ncc([N+](=O)[O-])c(Oc2ccc(Cl)cc2Br)n1. The van der Waals surface area contributed by atoms with Gasteiger partial charge in [-0.15, -0.1) is 0 Å². The number of aromatic nitrogens is 2. The Bertz CT molecular complexity index is 669. The summed E-state index contributed by atoms with van der Waals surface area (Å²) in [6.45, 7) is 0. The molecule has 0 bridgehead atoms. The second-order valence-electron chi connectivity index (χ2n) is 3.46. The van der Waals surface area contributed by atoms with Gasteiger partial charge in [0.1, 0.15) is 11.9 Å². The number of ether oxygens (including phenoxy) is 1. The number of nitrogens with zero attached hydrogens (tertiary/aromatic N) is 3. The minimum Gasteiger partial charge on any atom is -0.432 e. The molecule has 1 heterocycles. The van der Waals surface area contributed by atoms with Crippen LogP contribution in [0.15, 0.2) is 28.9 Å². The lowest BCUT2D eigenvalue weighted by Crippen LogP contribution is -2.11. The Kier molecular flexibility index (Phi) is 4.32. The zero-order valence-electron chi connectivity index (χ0n) is 9.71. The van der Waals surface area contributed by atoms with Crippen LogP contribution in [0.25, 0.3) is 0 Å². The number of anilines is 1. The van der Waals surface area contributed by atoms with Gasteiger partial charge in [0.15, 0.2) is 0 Å². The van der Waals surface area contributed by atoms with Crippen molar-refractivity contribution in [2.24, 2.45) is 5.84 Å². The van der Waals surface area contributed by atoms with Crippen molar-refractivity contribution in [2.45, 2.75) is 0 Å². The maximum Gasteiger partial charge on any atom is 0.349 e. The minimum absolute atomic E-state index is 0.00399. The predicted octanol–water partition coefficient (Wildman–Crippen LogP) is 2.88. The standard InChI is InChI=1S/C10H7BrClN5O3/c11-6-3-5(12)1-2-8(6)20-9-7(17(18)19)4-14-10(15-9)16-13/h1-4H,13H2,(H,14,15,16). The van der Waals surface area contributed by atoms with Crippen LogP contribution in [0.1, 0.15) is 0 Å². The number of nitrogens with two attached hydrogens (primary N) is 1. The third-order valence-electron chi connectivity index (χ3n) is 2.16. The van der Waals surface area contributed by atoms with E-state index in [-0.39, 0.29) is 17.5 Å². The van der Waals surface area contributed by atoms with Crippen molar-refractivity contribution in [3.8, 4) is 11.6 Å². The molecule has 0 aliphatic rings. The van der Waals surface area contributed by atoms with Gasteiger partial charge in [0.2, 0.25) is 5.95 Å². The summed E-state index contributed by atoms with van der Waals surface area (Å²) in [6, 6.07) is 4.72. The molecule has 0 atom stereocenters. The van der Waals surface area contributed by atoms with Crippen molar-refractivity contribution in [1.29, 1.82) is 0 Å². The van der Waals surface area contributed by atoms with Crippen molar-refractivity contribution in [3.05, 3.63) is 44.0 Å². The van der Waals surface area contributed by atoms with E-state index < -0.39 is 4.92 Å². The first-order valence-electron chi connectivity index (χ1n) is 5.12. The van der Waals surface area contributed by atoms with Gasteiger partial charge in [-0.3, -0.25) is 15.5 Å². The summed E-state index contributed by atoms with van der Waals surface area (Å²) in [6.07, 6.45) is 1.00. The number of hydrogen-bond donors (Lipinski definition) is 2. The molecular weight excluding hydrogens is 353 g/mol. The maximum atomic E-state index is 10.9. The summed E-state index contributed by atoms with van der Waals surface area (Å²) >= 11 is 9.04. The van der Waals surface area contributed by atoms with E-state index in [0.29, 0.717) is 15.2 Å². The highest BCUT2D eigenvalue weighted by Gasteiger charge is 2.20. The average molecular weight is 361 g/mol. The molecule has 0 saturated heterocycles. The lowest BCUT2D eigenvalue weighted by molar-refractivity contribution is -0.386. The summed E-state index contributed by atoms with van der Waals surface area (Å²) in [5, 5.41) is 11.4. The molecule has 3 N–H and O–H groups in total. The van der Waals surface area contributed by atoms with Crippen molar-refractivity contribution < 1.29 is 9.66 Å². The number of hydrazine groups is 1. The minimum atomic E-state index is -0.653. The monoisotopic (exact) mass is 359 g/mol. The normalized spacial score (nSPS) is 10.2. The first-order valence-corrected chi connectivity index (χ1v) is 6.29. The van der Waals surface area contributed by atoms with E-state index in [9.17, 15) is 10.1 Å². The highest BCUT2D eigenvalue weighted by Crippen LogP contribution is 2.34. The summed E-state index contributed by atoms with van der Waals surface area (Å²) in [7, 11) is 0. The Labute approximate surface area is 126 Å². The first kappa shape index (κ1) is 14.4. The summed E-state index contributed by atoms with van der Waals surface area (Å²) in [5.74, 6) is 5.24. The second-order valence-corrected chi connectivity index (χ2v) is 4.75. The predicted molar refractivity (Wildman–Crippen MR) is 75.7 cm³/mol. The summed E-state index contributed by atoms with van der Waals surface area (Å²) in [4.78, 5) is 17.7. The molecule has 0 unspecified atom stereocenters. The van der Waals surface area contributed by atoms with Crippen molar-refractivity contribution in [3.63, 3.8) is 0 Å². The van der Waals surface area contributed by atoms with Gasteiger partial charge < -0.3 is 4.74 Å². The summed E-state index contributed by atoms with van der Waals surface area (Å²) < 4.78 is 5.93. The van der Waals surface area contributed by atoms with Crippen molar-refractivity contribution in [1.82, 2.24) is 9.97 Å². The van der Waals surface area contributed by atoms with Crippen LogP contribution < -0.4 is 16.0 Å². The largest absolute Gasteiger partial charge is 0.432 e. The van der Waals surface area contributed by atoms with Crippen LogP contribution in [-0.4, -0.2) is 14.9 Å². The zero-order chi connectivity index (χ0) is 14.7. The van der Waals surface area contributed by atoms with Crippen LogP contribution in [0.4, 0.5) is 11.6 Å². The van der Waals surface area contributed by atoms with E-state index in [2.05, 4.69) is 31.3 Å². The van der Waals surface area contributed by atoms with Gasteiger partial charge in [0.25, 0.3) is 0 Å². The molecule has 2 rings (SSSR count). The van der Waals surface area contributed by atoms with Crippen LogP contribution >= 0.6 is 27.5 Å². The van der Waals surface area contributed by atoms with Crippen LogP contribution in [-0.2, 0) is 0 Å². The summed E-state index contributed by atoms with van der Waals surface area (Å²) in [5.41, 5.74) is 1.80. The van der Waals surface area contributed by atoms with Gasteiger partial charge in [-0.1, -0.05) is 11.6 Å². The molecule has 8 nitrogen and oxygen atoms in total. The molecule has 1 aromatic heterocycles. The van der Waals surface area contributed by atoms with Gasteiger partial charge in [-0.2, -0.15) is 4.98 Å². The number of nitrogen functional groups attached to an aromatic ring is 1. The van der Waals surface area contributed by atoms with E-state index in [1.807, 2.05) is 0 Å². The number of nitro groups is 1. The Hall–Kier alpha value is -1.97. The van der Waals surface area contributed by atoms with Gasteiger partial charge in [-0.05, 0) is 34.1 Å². The molecule has 0 amide bonds. The molecule has 0 spiro atoms. The third-order valence-corrected chi connectivity index (χ3v) is 3.02. The molecule has 0 saturated carbocycles. The Morgan fingerprint density at radius 1 is 1.50 bits per heavy atom. The van der Waals surface area contributed by atoms with E-state index >= 15 is 0 Å². The molecule has 0 radical (unpaired) electrons. The molecule has 10 heteroatoms. The van der Waals surface area contributed by atoms with E-state index in [4.69, 9.17) is 22.2 Å². The van der Waals surface area contributed by atoms with E-state index in [1.165, 1.54) is 0 Å². The van der Waals surface area contributed by atoms with Gasteiger partial charge in [0, 0.05) is 5.02 Å². The van der Waals surface area contributed by atoms with Crippen LogP contribution in [0, 0.1) is 10.1 Å². The van der Waals surface area contributed by atoms with Gasteiger partial charge >= 0.3 is 11.6 Å². The van der Waals surface area contributed by atoms with E-state index in [1.54, 1.807) is 18.2 Å². The maximum absolute atomic E-state index is 10.9. The quantitative estimate of drug-likeness (QED) is 0.489. The van der Waals surface area contributed by atoms with Crippen LogP contribution in [0.3, 0.4) is 0 Å². The molecule has 20 heavy (non-hydrogen) atoms. The molecule has 0 aliphatic heterocycles. The van der Waals surface area contributed by atoms with Crippen molar-refractivity contribution in [2.75, 3.05) is 5.43 Å². The highest BCUT2D eigenvalue weighted by atomic mass is 79.9. The van der Waals surface area contributed by atoms with Gasteiger partial charge in [0.05, 0.1) is 9.40 Å². The Balaban J connectivity index is 2.43. The lowest BCUT2D eigenvalue weighted by Gasteiger charge is -2.08. The fourth-order valence-electron chi connectivity index (χ4n) is 1.29. The van der Waals surface area contributed by atoms with Gasteiger partial charge in [-0.25, -0.2) is 10.8 Å². The van der Waals surface area contributed by atoms with Crippen LogP contribution in [0.2, 0.25) is 5.02 Å². The highest BCUT2D eigenvalue weighted by molar-refractivity contribution is 9.10. The van der Waals surface area contributed by atoms with Crippen molar-refractivity contribution >= 4 is 39.2 Å². The lowest BCUT2D eigenvalue weighted by atomic mass is 10.3. The Morgan fingerprint density at radius 3 is 2.85 bits per heavy atom. The molecule has 104 valence electrons. The first-order chi connectivity index (χ1) is 9.51. The molecule has 0 aliphatic carbocycles. The number of rotatable bonds is 4. The smallest absolute Gasteiger partial charge is 0.349 e. The number of hydrogen-bond acceptors (Lipinski definition) is 7. The molecule has 2 aromatic rings. The Morgan fingerprint density at radius 2 is 2.25 bits per heavy atom. The molecule has 1 aromatic carbocycles. The second kappa shape index (κ2) is 5.99. The average Bonchev–Trinajstić information content (AvgIpc) is 2.41. The number of benzene rings is 1. The fourth-order valence-corrected chi connectivity index (χ4v) is 2.06. The zero-order valence-corrected chi connectivity index (χ0v) is 12.1. The van der Waals surface area contributed by atoms with Crippen LogP contribution in [0.5, 0.6) is 11.6 Å². The van der Waals surface area contributed by atoms with E-state index in [0.717, 1.165) is 6.20 Å². The molecular formula is C10H7BrClN5O3. The third kappa shape index (κ3) is 3.13. The number of nitrogens with one attached hydrogen (secondary N) is 1. The topological polar surface area (TPSA) is 116 Å².